The minimum absolute atomic E-state index is 0.124. The van der Waals surface area contributed by atoms with Crippen molar-refractivity contribution in [3.8, 4) is 11.1 Å². The quantitative estimate of drug-likeness (QED) is 0.355. The molecule has 2 heterocycles. The molecule has 2 aromatic carbocycles. The molecular formula is C30H38ClN5O3S. The molecule has 0 spiro atoms. The van der Waals surface area contributed by atoms with Crippen LogP contribution in [0.25, 0.3) is 11.1 Å². The lowest BCUT2D eigenvalue weighted by molar-refractivity contribution is -0.136. The molecule has 1 aliphatic heterocycles. The lowest BCUT2D eigenvalue weighted by Crippen LogP contribution is -2.49. The summed E-state index contributed by atoms with van der Waals surface area (Å²) in [5.74, 6) is 0.113. The van der Waals surface area contributed by atoms with Gasteiger partial charge in [-0.1, -0.05) is 86.3 Å². The van der Waals surface area contributed by atoms with E-state index in [2.05, 4.69) is 10.3 Å². The van der Waals surface area contributed by atoms with Crippen LogP contribution in [0.3, 0.4) is 0 Å². The Morgan fingerprint density at radius 2 is 1.60 bits per heavy atom. The number of rotatable bonds is 8. The fraction of sp³-hybridized carbons (Fsp3) is 0.500. The molecule has 3 aromatic rings. The molecule has 0 bridgehead atoms. The van der Waals surface area contributed by atoms with Crippen molar-refractivity contribution < 1.29 is 13.2 Å². The molecule has 8 nitrogen and oxygen atoms in total. The topological polar surface area (TPSA) is 88.4 Å². The number of hydrogen-bond donors (Lipinski definition) is 0. The third-order valence-corrected chi connectivity index (χ3v) is 10.1. The van der Waals surface area contributed by atoms with Crippen molar-refractivity contribution in [1.82, 2.24) is 24.2 Å². The Bertz CT molecular complexity index is 1400. The minimum Gasteiger partial charge on any atom is -0.334 e. The predicted octanol–water partition coefficient (Wildman–Crippen LogP) is 5.38. The Balaban J connectivity index is 1.31. The third kappa shape index (κ3) is 6.75. The molecule has 2 aliphatic rings. The Kier molecular flexibility index (Phi) is 8.92. The number of hydrogen-bond acceptors (Lipinski definition) is 5. The van der Waals surface area contributed by atoms with Gasteiger partial charge in [0.25, 0.3) is 0 Å². The van der Waals surface area contributed by atoms with Crippen molar-refractivity contribution >= 4 is 27.5 Å². The number of amides is 1. The van der Waals surface area contributed by atoms with Gasteiger partial charge < -0.3 is 4.90 Å². The molecular weight excluding hydrogens is 546 g/mol. The van der Waals surface area contributed by atoms with E-state index in [1.807, 2.05) is 73.3 Å². The summed E-state index contributed by atoms with van der Waals surface area (Å²) in [7, 11) is -3.68. The second kappa shape index (κ2) is 12.4. The van der Waals surface area contributed by atoms with E-state index in [0.717, 1.165) is 23.2 Å². The summed E-state index contributed by atoms with van der Waals surface area (Å²) in [5.41, 5.74) is 3.56. The van der Waals surface area contributed by atoms with E-state index in [1.54, 1.807) is 4.90 Å². The molecule has 5 rings (SSSR count). The van der Waals surface area contributed by atoms with Gasteiger partial charge in [-0.05, 0) is 53.5 Å². The van der Waals surface area contributed by atoms with Gasteiger partial charge >= 0.3 is 0 Å². The smallest absolute Gasteiger partial charge is 0.241 e. The fourth-order valence-corrected chi connectivity index (χ4v) is 7.70. The van der Waals surface area contributed by atoms with Gasteiger partial charge in [0.05, 0.1) is 18.5 Å². The van der Waals surface area contributed by atoms with Crippen molar-refractivity contribution in [1.29, 1.82) is 0 Å². The van der Waals surface area contributed by atoms with E-state index < -0.39 is 16.1 Å². The first-order valence-corrected chi connectivity index (χ1v) is 16.2. The third-order valence-electron chi connectivity index (χ3n) is 8.06. The Hall–Kier alpha value is -2.75. The molecule has 1 unspecified atom stereocenters. The summed E-state index contributed by atoms with van der Waals surface area (Å²) in [6.07, 6.45) is 8.18. The van der Waals surface area contributed by atoms with Crippen LogP contribution in [-0.2, 0) is 34.5 Å². The molecule has 1 aliphatic carbocycles. The number of aromatic nitrogens is 3. The van der Waals surface area contributed by atoms with Crippen LogP contribution in [-0.4, -0.2) is 56.9 Å². The van der Waals surface area contributed by atoms with Crippen LogP contribution in [0.4, 0.5) is 0 Å². The maximum absolute atomic E-state index is 13.8. The van der Waals surface area contributed by atoms with Crippen LogP contribution in [0.15, 0.2) is 54.7 Å². The summed E-state index contributed by atoms with van der Waals surface area (Å²) in [4.78, 5) is 15.5. The van der Waals surface area contributed by atoms with Crippen LogP contribution < -0.4 is 0 Å². The Labute approximate surface area is 242 Å². The highest BCUT2D eigenvalue weighted by Gasteiger charge is 2.42. The largest absolute Gasteiger partial charge is 0.334 e. The first-order chi connectivity index (χ1) is 19.2. The highest BCUT2D eigenvalue weighted by Crippen LogP contribution is 2.28. The molecule has 10 heteroatoms. The summed E-state index contributed by atoms with van der Waals surface area (Å²) < 4.78 is 30.3. The van der Waals surface area contributed by atoms with Crippen LogP contribution >= 0.6 is 11.6 Å². The number of halogens is 1. The monoisotopic (exact) mass is 583 g/mol. The summed E-state index contributed by atoms with van der Waals surface area (Å²) >= 11 is 6.02. The van der Waals surface area contributed by atoms with E-state index in [0.29, 0.717) is 16.6 Å². The van der Waals surface area contributed by atoms with Crippen LogP contribution in [0, 0.1) is 11.8 Å². The molecule has 1 atom stereocenters. The van der Waals surface area contributed by atoms with Gasteiger partial charge in [0.15, 0.2) is 0 Å². The maximum Gasteiger partial charge on any atom is 0.241 e. The fourth-order valence-electron chi connectivity index (χ4n) is 5.86. The van der Waals surface area contributed by atoms with Gasteiger partial charge in [-0.2, -0.15) is 4.31 Å². The van der Waals surface area contributed by atoms with Gasteiger partial charge in [0.2, 0.25) is 15.9 Å². The van der Waals surface area contributed by atoms with E-state index in [1.165, 1.54) is 36.4 Å². The van der Waals surface area contributed by atoms with Crippen LogP contribution in [0.5, 0.6) is 0 Å². The van der Waals surface area contributed by atoms with E-state index in [9.17, 15) is 13.2 Å². The number of sulfonamides is 1. The molecule has 0 radical (unpaired) electrons. The van der Waals surface area contributed by atoms with Crippen LogP contribution in [0.2, 0.25) is 5.02 Å². The number of nitrogens with zero attached hydrogens (tertiary/aromatic N) is 5. The summed E-state index contributed by atoms with van der Waals surface area (Å²) in [6.45, 7) is 5.17. The maximum atomic E-state index is 13.8. The van der Waals surface area contributed by atoms with Gasteiger partial charge in [0, 0.05) is 24.7 Å². The lowest BCUT2D eigenvalue weighted by atomic mass is 9.89. The SMILES string of the molecule is CC(C)C1C(=O)N(Cc2cn(CC3CCCCC3)nn2)CCS(=O)(=O)N1Cc1ccc(-c2ccc(Cl)cc2)cc1. The Morgan fingerprint density at radius 1 is 0.950 bits per heavy atom. The highest BCUT2D eigenvalue weighted by atomic mass is 35.5. The van der Waals surface area contributed by atoms with Gasteiger partial charge in [0.1, 0.15) is 11.7 Å². The van der Waals surface area contributed by atoms with Gasteiger partial charge in [-0.15, -0.1) is 5.10 Å². The molecule has 1 saturated carbocycles. The standard InChI is InChI=1S/C30H38ClN5O3S/c1-22(2)29-30(37)34(20-28-21-35(33-32-28)18-23-6-4-3-5-7-23)16-17-40(38,39)36(29)19-24-8-10-25(11-9-24)26-12-14-27(31)15-13-26/h8-15,21-23,29H,3-7,16-20H2,1-2H3. The van der Waals surface area contributed by atoms with Crippen LogP contribution in [0.1, 0.15) is 57.2 Å². The lowest BCUT2D eigenvalue weighted by Gasteiger charge is -2.32. The average molecular weight is 584 g/mol. The first kappa shape index (κ1) is 28.8. The summed E-state index contributed by atoms with van der Waals surface area (Å²) in [6, 6.07) is 14.6. The molecule has 2 fully saturated rings. The minimum atomic E-state index is -3.68. The molecule has 1 aromatic heterocycles. The van der Waals surface area contributed by atoms with Crippen molar-refractivity contribution in [3.05, 3.63) is 71.0 Å². The van der Waals surface area contributed by atoms with E-state index >= 15 is 0 Å². The molecule has 40 heavy (non-hydrogen) atoms. The van der Waals surface area contributed by atoms with Gasteiger partial charge in [-0.25, -0.2) is 8.42 Å². The van der Waals surface area contributed by atoms with Crippen molar-refractivity contribution in [2.24, 2.45) is 11.8 Å². The zero-order chi connectivity index (χ0) is 28.3. The zero-order valence-corrected chi connectivity index (χ0v) is 24.8. The number of benzene rings is 2. The molecule has 214 valence electrons. The molecule has 1 amide bonds. The normalized spacial score (nSPS) is 20.6. The van der Waals surface area contributed by atoms with Crippen molar-refractivity contribution in [2.45, 2.75) is 71.6 Å². The summed E-state index contributed by atoms with van der Waals surface area (Å²) in [5, 5.41) is 9.30. The Morgan fingerprint density at radius 3 is 2.25 bits per heavy atom. The highest BCUT2D eigenvalue weighted by molar-refractivity contribution is 7.89. The predicted molar refractivity (Wildman–Crippen MR) is 157 cm³/mol. The first-order valence-electron chi connectivity index (χ1n) is 14.2. The zero-order valence-electron chi connectivity index (χ0n) is 23.2. The number of carbonyl (C=O) groups is 1. The molecule has 1 saturated heterocycles. The second-order valence-electron chi connectivity index (χ2n) is 11.4. The van der Waals surface area contributed by atoms with Crippen molar-refractivity contribution in [2.75, 3.05) is 12.3 Å². The van der Waals surface area contributed by atoms with Gasteiger partial charge in [-0.3, -0.25) is 9.48 Å². The van der Waals surface area contributed by atoms with Crippen molar-refractivity contribution in [3.63, 3.8) is 0 Å². The second-order valence-corrected chi connectivity index (χ2v) is 13.9. The van der Waals surface area contributed by atoms with E-state index in [4.69, 9.17) is 11.6 Å². The van der Waals surface area contributed by atoms with E-state index in [-0.39, 0.29) is 37.2 Å². The number of carbonyl (C=O) groups excluding carboxylic acids is 1. The molecule has 0 N–H and O–H groups in total. The average Bonchev–Trinajstić information content (AvgIpc) is 3.35.